The largest absolute Gasteiger partial charge is 0.493 e. The first-order valence-corrected chi connectivity index (χ1v) is 8.22. The monoisotopic (exact) mass is 320 g/mol. The topological polar surface area (TPSA) is 44.8 Å². The maximum Gasteiger partial charge on any atom is 0.341 e. The molecule has 0 N–H and O–H groups in total. The predicted octanol–water partition coefficient (Wildman–Crippen LogP) is 4.86. The molecule has 23 heavy (non-hydrogen) atoms. The van der Waals surface area contributed by atoms with Gasteiger partial charge in [0.25, 0.3) is 0 Å². The Morgan fingerprint density at radius 3 is 1.96 bits per heavy atom. The van der Waals surface area contributed by atoms with Gasteiger partial charge >= 0.3 is 5.97 Å². The average molecular weight is 320 g/mol. The lowest BCUT2D eigenvalue weighted by Gasteiger charge is -2.17. The highest BCUT2D eigenvalue weighted by atomic mass is 16.5. The van der Waals surface area contributed by atoms with E-state index < -0.39 is 5.97 Å². The van der Waals surface area contributed by atoms with Gasteiger partial charge in [-0.15, -0.1) is 0 Å². The lowest BCUT2D eigenvalue weighted by atomic mass is 10.0. The van der Waals surface area contributed by atoms with E-state index in [1.165, 1.54) is 7.11 Å². The third-order valence-electron chi connectivity index (χ3n) is 3.46. The molecule has 0 aliphatic heterocycles. The highest BCUT2D eigenvalue weighted by Crippen LogP contribution is 2.34. The fourth-order valence-corrected chi connectivity index (χ4v) is 2.06. The number of carbonyl (C=O) groups excluding carboxylic acids is 1. The van der Waals surface area contributed by atoms with Gasteiger partial charge in [-0.3, -0.25) is 0 Å². The zero-order chi connectivity index (χ0) is 17.2. The minimum absolute atomic E-state index is 0.407. The predicted molar refractivity (Wildman–Crippen MR) is 93.3 cm³/mol. The van der Waals surface area contributed by atoms with Gasteiger partial charge in [-0.1, -0.05) is 33.3 Å². The van der Waals surface area contributed by atoms with Crippen LogP contribution in [0.2, 0.25) is 0 Å². The Bertz CT molecular complexity index is 534. The van der Waals surface area contributed by atoms with Crippen molar-refractivity contribution in [3.63, 3.8) is 0 Å². The maximum atomic E-state index is 12.0. The van der Waals surface area contributed by atoms with Gasteiger partial charge in [-0.05, 0) is 31.4 Å². The van der Waals surface area contributed by atoms with Crippen LogP contribution < -0.4 is 9.47 Å². The fourth-order valence-electron chi connectivity index (χ4n) is 2.06. The fraction of sp³-hybridized carbons (Fsp3) is 0.526. The van der Waals surface area contributed by atoms with Crippen LogP contribution in [-0.4, -0.2) is 26.3 Å². The van der Waals surface area contributed by atoms with Gasteiger partial charge in [0.2, 0.25) is 0 Å². The smallest absolute Gasteiger partial charge is 0.341 e. The van der Waals surface area contributed by atoms with Crippen LogP contribution in [0, 0.1) is 0 Å². The van der Waals surface area contributed by atoms with Crippen molar-refractivity contribution in [2.75, 3.05) is 20.3 Å². The molecule has 0 aliphatic rings. The molecular formula is C19H28O4. The van der Waals surface area contributed by atoms with E-state index in [1.54, 1.807) is 12.1 Å². The Morgan fingerprint density at radius 2 is 1.52 bits per heavy atom. The third kappa shape index (κ3) is 5.62. The number of benzene rings is 1. The van der Waals surface area contributed by atoms with E-state index in [-0.39, 0.29) is 0 Å². The Labute approximate surface area is 139 Å². The number of hydrogen-bond donors (Lipinski definition) is 0. The van der Waals surface area contributed by atoms with E-state index in [1.807, 2.05) is 6.92 Å². The van der Waals surface area contributed by atoms with Crippen molar-refractivity contribution in [1.29, 1.82) is 0 Å². The Balaban J connectivity index is 3.19. The van der Waals surface area contributed by atoms with E-state index in [0.717, 1.165) is 36.8 Å². The summed E-state index contributed by atoms with van der Waals surface area (Å²) in [6.07, 6.45) is 3.98. The van der Waals surface area contributed by atoms with Crippen LogP contribution in [0.3, 0.4) is 0 Å². The summed E-state index contributed by atoms with van der Waals surface area (Å²) in [5, 5.41) is 0. The number of esters is 1. The molecule has 0 bridgehead atoms. The number of ether oxygens (including phenoxy) is 3. The first-order chi connectivity index (χ1) is 11.0. The number of allylic oxidation sites excluding steroid dienone is 1. The maximum absolute atomic E-state index is 12.0. The van der Waals surface area contributed by atoms with Crippen LogP contribution in [0.1, 0.15) is 62.4 Å². The van der Waals surface area contributed by atoms with Crippen molar-refractivity contribution >= 4 is 11.5 Å². The molecule has 0 saturated heterocycles. The second kappa shape index (κ2) is 9.93. The molecule has 0 fully saturated rings. The molecule has 4 heteroatoms. The first kappa shape index (κ1) is 19.1. The van der Waals surface area contributed by atoms with Gasteiger partial charge in [-0.25, -0.2) is 4.79 Å². The van der Waals surface area contributed by atoms with Crippen molar-refractivity contribution in [1.82, 2.24) is 0 Å². The molecule has 0 unspecified atom stereocenters. The zero-order valence-electron chi connectivity index (χ0n) is 14.7. The summed E-state index contributed by atoms with van der Waals surface area (Å²) in [6, 6.07) is 3.53. The van der Waals surface area contributed by atoms with Crippen LogP contribution in [0.5, 0.6) is 11.5 Å². The number of carbonyl (C=O) groups is 1. The number of rotatable bonds is 10. The normalized spacial score (nSPS) is 10.3. The van der Waals surface area contributed by atoms with E-state index in [9.17, 15) is 4.79 Å². The Morgan fingerprint density at radius 1 is 1.00 bits per heavy atom. The first-order valence-electron chi connectivity index (χ1n) is 8.22. The molecule has 0 radical (unpaired) electrons. The van der Waals surface area contributed by atoms with Gasteiger partial charge < -0.3 is 14.2 Å². The van der Waals surface area contributed by atoms with Crippen molar-refractivity contribution in [2.45, 2.75) is 46.5 Å². The summed E-state index contributed by atoms with van der Waals surface area (Å²) < 4.78 is 16.5. The summed E-state index contributed by atoms with van der Waals surface area (Å²) in [4.78, 5) is 12.0. The van der Waals surface area contributed by atoms with E-state index in [4.69, 9.17) is 14.2 Å². The molecule has 128 valence electrons. The summed E-state index contributed by atoms with van der Waals surface area (Å²) in [5.74, 6) is 0.783. The number of methoxy groups -OCH3 is 1. The highest BCUT2D eigenvalue weighted by molar-refractivity contribution is 5.94. The molecule has 0 aliphatic carbocycles. The zero-order valence-corrected chi connectivity index (χ0v) is 14.7. The number of hydrogen-bond acceptors (Lipinski definition) is 4. The summed E-state index contributed by atoms with van der Waals surface area (Å²) in [5.41, 5.74) is 2.05. The number of unbranched alkanes of at least 4 members (excludes halogenated alkanes) is 2. The van der Waals surface area contributed by atoms with Crippen molar-refractivity contribution in [3.8, 4) is 11.5 Å². The molecule has 1 aromatic carbocycles. The van der Waals surface area contributed by atoms with Crippen LogP contribution in [0.4, 0.5) is 0 Å². The SMILES string of the molecule is C=C(C)c1cc(C(=O)OC)c(OCCCC)cc1OCCCC. The Hall–Kier alpha value is -1.97. The quantitative estimate of drug-likeness (QED) is 0.456. The van der Waals surface area contributed by atoms with Gasteiger partial charge in [-0.2, -0.15) is 0 Å². The van der Waals surface area contributed by atoms with Crippen molar-refractivity contribution in [2.24, 2.45) is 0 Å². The van der Waals surface area contributed by atoms with Crippen LogP contribution in [0.15, 0.2) is 18.7 Å². The molecule has 0 heterocycles. The van der Waals surface area contributed by atoms with Crippen LogP contribution in [0.25, 0.3) is 5.57 Å². The molecule has 0 saturated carbocycles. The van der Waals surface area contributed by atoms with Gasteiger partial charge in [0.15, 0.2) is 0 Å². The van der Waals surface area contributed by atoms with Gasteiger partial charge in [0.05, 0.1) is 20.3 Å². The molecule has 0 aromatic heterocycles. The minimum Gasteiger partial charge on any atom is -0.493 e. The van der Waals surface area contributed by atoms with Crippen molar-refractivity contribution < 1.29 is 19.0 Å². The van der Waals surface area contributed by atoms with Crippen molar-refractivity contribution in [3.05, 3.63) is 29.8 Å². The second-order valence-electron chi connectivity index (χ2n) is 5.52. The van der Waals surface area contributed by atoms with Crippen LogP contribution >= 0.6 is 0 Å². The molecule has 0 amide bonds. The second-order valence-corrected chi connectivity index (χ2v) is 5.52. The standard InChI is InChI=1S/C19H28O4/c1-6-8-10-22-17-13-18(23-11-9-7-2)16(19(20)21-5)12-15(17)14(3)4/h12-13H,3,6-11H2,1-2,4-5H3. The average Bonchev–Trinajstić information content (AvgIpc) is 2.54. The minimum atomic E-state index is -0.417. The summed E-state index contributed by atoms with van der Waals surface area (Å²) >= 11 is 0. The molecule has 0 spiro atoms. The lowest BCUT2D eigenvalue weighted by Crippen LogP contribution is -2.09. The van der Waals surface area contributed by atoms with E-state index >= 15 is 0 Å². The molecule has 1 aromatic rings. The summed E-state index contributed by atoms with van der Waals surface area (Å²) in [7, 11) is 1.37. The van der Waals surface area contributed by atoms with E-state index in [2.05, 4.69) is 20.4 Å². The van der Waals surface area contributed by atoms with Crippen LogP contribution in [-0.2, 0) is 4.74 Å². The van der Waals surface area contributed by atoms with Gasteiger partial charge in [0.1, 0.15) is 17.1 Å². The molecule has 0 atom stereocenters. The third-order valence-corrected chi connectivity index (χ3v) is 3.46. The van der Waals surface area contributed by atoms with E-state index in [0.29, 0.717) is 30.3 Å². The molecular weight excluding hydrogens is 292 g/mol. The summed E-state index contributed by atoms with van der Waals surface area (Å²) in [6.45, 7) is 11.3. The molecule has 4 nitrogen and oxygen atoms in total. The van der Waals surface area contributed by atoms with Gasteiger partial charge in [0, 0.05) is 11.6 Å². The molecule has 1 rings (SSSR count). The lowest BCUT2D eigenvalue weighted by molar-refractivity contribution is 0.0596. The Kier molecular flexibility index (Phi) is 8.23. The highest BCUT2D eigenvalue weighted by Gasteiger charge is 2.18.